The van der Waals surface area contributed by atoms with Crippen LogP contribution in [0.5, 0.6) is 0 Å². The van der Waals surface area contributed by atoms with Gasteiger partial charge in [-0.1, -0.05) is 18.2 Å². The summed E-state index contributed by atoms with van der Waals surface area (Å²) < 4.78 is 0. The van der Waals surface area contributed by atoms with Gasteiger partial charge in [0.25, 0.3) is 0 Å². The molecule has 2 heterocycles. The predicted octanol–water partition coefficient (Wildman–Crippen LogP) is 1.44. The zero-order valence-corrected chi connectivity index (χ0v) is 14.9. The second-order valence-corrected chi connectivity index (χ2v) is 6.75. The topological polar surface area (TPSA) is 60.9 Å². The lowest BCUT2D eigenvalue weighted by atomic mass is 10.1. The molecule has 1 atom stereocenters. The monoisotopic (exact) mass is 343 g/mol. The summed E-state index contributed by atoms with van der Waals surface area (Å²) in [6, 6.07) is 7.31. The fraction of sp³-hybridized carbons (Fsp3) is 0.526. The van der Waals surface area contributed by atoms with Crippen molar-refractivity contribution in [3.63, 3.8) is 0 Å². The first-order valence-corrected chi connectivity index (χ1v) is 8.93. The van der Waals surface area contributed by atoms with Gasteiger partial charge in [0, 0.05) is 45.2 Å². The van der Waals surface area contributed by atoms with E-state index in [4.69, 9.17) is 0 Å². The standard InChI is InChI=1S/C19H25N3O3/c1-14(19(25)21-12-10-20(11-13-21)15(2)23)22-17-8-4-3-6-16(17)7-5-9-18(22)24/h3-4,6,8,14H,5,7,9-13H2,1-2H3. The average molecular weight is 343 g/mol. The van der Waals surface area contributed by atoms with E-state index >= 15 is 0 Å². The second-order valence-electron chi connectivity index (χ2n) is 6.75. The first-order valence-electron chi connectivity index (χ1n) is 8.93. The zero-order valence-electron chi connectivity index (χ0n) is 14.9. The van der Waals surface area contributed by atoms with Gasteiger partial charge in [0.05, 0.1) is 0 Å². The van der Waals surface area contributed by atoms with Crippen LogP contribution in [0, 0.1) is 0 Å². The lowest BCUT2D eigenvalue weighted by Crippen LogP contribution is -2.56. The summed E-state index contributed by atoms with van der Waals surface area (Å²) in [7, 11) is 0. The molecule has 2 aliphatic heterocycles. The molecule has 6 heteroatoms. The normalized spacial score (nSPS) is 19.3. The summed E-state index contributed by atoms with van der Waals surface area (Å²) in [5.41, 5.74) is 1.97. The van der Waals surface area contributed by atoms with Crippen molar-refractivity contribution in [1.82, 2.24) is 9.80 Å². The van der Waals surface area contributed by atoms with Gasteiger partial charge in [0.15, 0.2) is 0 Å². The SMILES string of the molecule is CC(=O)N1CCN(C(=O)C(C)N2C(=O)CCCc3ccccc32)CC1. The molecule has 0 spiro atoms. The Morgan fingerprint density at radius 2 is 1.64 bits per heavy atom. The summed E-state index contributed by atoms with van der Waals surface area (Å²) >= 11 is 0. The number of benzene rings is 1. The number of piperazine rings is 1. The number of amides is 3. The van der Waals surface area contributed by atoms with E-state index < -0.39 is 6.04 Å². The van der Waals surface area contributed by atoms with E-state index in [1.807, 2.05) is 24.3 Å². The van der Waals surface area contributed by atoms with Gasteiger partial charge < -0.3 is 9.80 Å². The third-order valence-corrected chi connectivity index (χ3v) is 5.14. The molecule has 0 N–H and O–H groups in total. The predicted molar refractivity (Wildman–Crippen MR) is 95.2 cm³/mol. The summed E-state index contributed by atoms with van der Waals surface area (Å²) in [6.45, 7) is 5.50. The molecular formula is C19H25N3O3. The molecule has 134 valence electrons. The van der Waals surface area contributed by atoms with Gasteiger partial charge in [-0.2, -0.15) is 0 Å². The van der Waals surface area contributed by atoms with Gasteiger partial charge >= 0.3 is 0 Å². The van der Waals surface area contributed by atoms with Gasteiger partial charge in [-0.25, -0.2) is 0 Å². The van der Waals surface area contributed by atoms with E-state index in [-0.39, 0.29) is 17.7 Å². The van der Waals surface area contributed by atoms with Crippen molar-refractivity contribution < 1.29 is 14.4 Å². The maximum atomic E-state index is 13.0. The minimum absolute atomic E-state index is 0.00757. The largest absolute Gasteiger partial charge is 0.339 e. The molecule has 0 saturated carbocycles. The zero-order chi connectivity index (χ0) is 18.0. The Hall–Kier alpha value is -2.37. The number of rotatable bonds is 2. The highest BCUT2D eigenvalue weighted by atomic mass is 16.2. The van der Waals surface area contributed by atoms with Gasteiger partial charge in [-0.05, 0) is 31.4 Å². The number of hydrogen-bond donors (Lipinski definition) is 0. The minimum Gasteiger partial charge on any atom is -0.339 e. The Labute approximate surface area is 148 Å². The summed E-state index contributed by atoms with van der Waals surface area (Å²) in [6.07, 6.45) is 2.13. The van der Waals surface area contributed by atoms with Crippen molar-refractivity contribution in [2.45, 2.75) is 39.2 Å². The fourth-order valence-corrected chi connectivity index (χ4v) is 3.68. The number of hydrogen-bond acceptors (Lipinski definition) is 3. The Balaban J connectivity index is 1.77. The molecular weight excluding hydrogens is 318 g/mol. The quantitative estimate of drug-likeness (QED) is 0.816. The minimum atomic E-state index is -0.532. The van der Waals surface area contributed by atoms with E-state index in [9.17, 15) is 14.4 Å². The highest BCUT2D eigenvalue weighted by Crippen LogP contribution is 2.29. The van der Waals surface area contributed by atoms with Crippen molar-refractivity contribution in [3.05, 3.63) is 29.8 Å². The summed E-state index contributed by atoms with van der Waals surface area (Å²) in [5.74, 6) is -0.00167. The molecule has 1 saturated heterocycles. The Morgan fingerprint density at radius 3 is 2.32 bits per heavy atom. The number of para-hydroxylation sites is 1. The van der Waals surface area contributed by atoms with Crippen LogP contribution < -0.4 is 4.90 Å². The van der Waals surface area contributed by atoms with Crippen LogP contribution in [0.3, 0.4) is 0 Å². The molecule has 0 bridgehead atoms. The van der Waals surface area contributed by atoms with E-state index in [1.165, 1.54) is 0 Å². The van der Waals surface area contributed by atoms with E-state index in [0.29, 0.717) is 32.6 Å². The third kappa shape index (κ3) is 3.52. The molecule has 6 nitrogen and oxygen atoms in total. The Bertz CT molecular complexity index is 680. The number of carbonyl (C=O) groups is 3. The van der Waals surface area contributed by atoms with E-state index in [1.54, 1.807) is 28.5 Å². The van der Waals surface area contributed by atoms with Gasteiger partial charge in [-0.15, -0.1) is 0 Å². The highest BCUT2D eigenvalue weighted by Gasteiger charge is 2.34. The van der Waals surface area contributed by atoms with Crippen LogP contribution in [0.15, 0.2) is 24.3 Å². The molecule has 1 fully saturated rings. The molecule has 25 heavy (non-hydrogen) atoms. The van der Waals surface area contributed by atoms with Gasteiger partial charge in [0.1, 0.15) is 6.04 Å². The van der Waals surface area contributed by atoms with Crippen molar-refractivity contribution >= 4 is 23.4 Å². The third-order valence-electron chi connectivity index (χ3n) is 5.14. The first-order chi connectivity index (χ1) is 12.0. The lowest BCUT2D eigenvalue weighted by molar-refractivity contribution is -0.139. The van der Waals surface area contributed by atoms with Crippen LogP contribution in [0.25, 0.3) is 0 Å². The molecule has 2 aliphatic rings. The summed E-state index contributed by atoms with van der Waals surface area (Å²) in [5, 5.41) is 0. The molecule has 0 radical (unpaired) electrons. The van der Waals surface area contributed by atoms with Crippen molar-refractivity contribution in [3.8, 4) is 0 Å². The molecule has 0 aromatic heterocycles. The fourth-order valence-electron chi connectivity index (χ4n) is 3.68. The number of nitrogens with zero attached hydrogens (tertiary/aromatic N) is 3. The molecule has 1 aromatic carbocycles. The molecule has 1 unspecified atom stereocenters. The van der Waals surface area contributed by atoms with Crippen LogP contribution >= 0.6 is 0 Å². The average Bonchev–Trinajstić information content (AvgIpc) is 2.78. The highest BCUT2D eigenvalue weighted by molar-refractivity contribution is 6.01. The second kappa shape index (κ2) is 7.25. The van der Waals surface area contributed by atoms with Crippen LogP contribution in [0.4, 0.5) is 5.69 Å². The maximum absolute atomic E-state index is 13.0. The Kier molecular flexibility index (Phi) is 5.06. The van der Waals surface area contributed by atoms with Crippen LogP contribution in [-0.2, 0) is 20.8 Å². The number of fused-ring (bicyclic) bond motifs is 1. The maximum Gasteiger partial charge on any atom is 0.245 e. The van der Waals surface area contributed by atoms with Crippen LogP contribution in [-0.4, -0.2) is 59.7 Å². The van der Waals surface area contributed by atoms with Gasteiger partial charge in [-0.3, -0.25) is 19.3 Å². The summed E-state index contributed by atoms with van der Waals surface area (Å²) in [4.78, 5) is 42.3. The van der Waals surface area contributed by atoms with Crippen LogP contribution in [0.2, 0.25) is 0 Å². The van der Waals surface area contributed by atoms with Crippen molar-refractivity contribution in [1.29, 1.82) is 0 Å². The lowest BCUT2D eigenvalue weighted by Gasteiger charge is -2.38. The first kappa shape index (κ1) is 17.5. The number of aryl methyl sites for hydroxylation is 1. The Morgan fingerprint density at radius 1 is 1.00 bits per heavy atom. The molecule has 1 aromatic rings. The van der Waals surface area contributed by atoms with Gasteiger partial charge in [0.2, 0.25) is 17.7 Å². The van der Waals surface area contributed by atoms with Crippen molar-refractivity contribution in [2.75, 3.05) is 31.1 Å². The molecule has 3 amide bonds. The number of anilines is 1. The van der Waals surface area contributed by atoms with E-state index in [2.05, 4.69) is 0 Å². The van der Waals surface area contributed by atoms with E-state index in [0.717, 1.165) is 24.1 Å². The molecule has 3 rings (SSSR count). The molecule has 0 aliphatic carbocycles. The van der Waals surface area contributed by atoms with Crippen LogP contribution in [0.1, 0.15) is 32.3 Å². The van der Waals surface area contributed by atoms with Crippen molar-refractivity contribution in [2.24, 2.45) is 0 Å². The number of carbonyl (C=O) groups excluding carboxylic acids is 3. The smallest absolute Gasteiger partial charge is 0.245 e.